The van der Waals surface area contributed by atoms with Crippen molar-refractivity contribution >= 4 is 15.8 Å². The Bertz CT molecular complexity index is 288. The molecule has 7 heteroatoms. The van der Waals surface area contributed by atoms with Gasteiger partial charge in [-0.15, -0.1) is 5.10 Å². The Morgan fingerprint density at radius 3 is 2.80 bits per heavy atom. The lowest BCUT2D eigenvalue weighted by Crippen LogP contribution is -2.09. The van der Waals surface area contributed by atoms with Crippen LogP contribution in [0.15, 0.2) is 6.20 Å². The summed E-state index contributed by atoms with van der Waals surface area (Å²) in [5.41, 5.74) is 0. The molecule has 0 atom stereocenters. The van der Waals surface area contributed by atoms with Gasteiger partial charge < -0.3 is 0 Å². The Morgan fingerprint density at radius 2 is 2.40 bits per heavy atom. The highest BCUT2D eigenvalue weighted by Crippen LogP contribution is 1.97. The summed E-state index contributed by atoms with van der Waals surface area (Å²) in [4.78, 5) is 0. The molecular weight excluding hydrogens is 156 g/mol. The van der Waals surface area contributed by atoms with Crippen LogP contribution in [0.5, 0.6) is 0 Å². The second-order valence-electron chi connectivity index (χ2n) is 1.73. The lowest BCUT2D eigenvalue weighted by molar-refractivity contribution is 0.606. The third kappa shape index (κ3) is 2.02. The van der Waals surface area contributed by atoms with Crippen molar-refractivity contribution in [3.63, 3.8) is 0 Å². The van der Waals surface area contributed by atoms with E-state index in [-0.39, 0.29) is 5.82 Å². The van der Waals surface area contributed by atoms with E-state index >= 15 is 0 Å². The van der Waals surface area contributed by atoms with E-state index in [9.17, 15) is 8.42 Å². The number of hydrogen-bond donors (Lipinski definition) is 2. The van der Waals surface area contributed by atoms with Gasteiger partial charge in [-0.1, -0.05) is 0 Å². The second kappa shape index (κ2) is 2.25. The highest BCUT2D eigenvalue weighted by atomic mass is 32.2. The normalized spacial score (nSPS) is 11.3. The van der Waals surface area contributed by atoms with Crippen LogP contribution in [0.1, 0.15) is 0 Å². The largest absolute Gasteiger partial charge is 0.265 e. The molecule has 0 saturated carbocycles. The van der Waals surface area contributed by atoms with Crippen LogP contribution in [0.4, 0.5) is 5.82 Å². The number of nitrogens with one attached hydrogen (secondary N) is 2. The van der Waals surface area contributed by atoms with Gasteiger partial charge in [-0.05, 0) is 0 Å². The minimum absolute atomic E-state index is 0.197. The number of aromatic nitrogens is 3. The van der Waals surface area contributed by atoms with Crippen LogP contribution >= 0.6 is 0 Å². The molecule has 0 bridgehead atoms. The van der Waals surface area contributed by atoms with Crippen LogP contribution in [0.2, 0.25) is 0 Å². The highest BCUT2D eigenvalue weighted by Gasteiger charge is 2.01. The van der Waals surface area contributed by atoms with Gasteiger partial charge in [0.05, 0.1) is 12.5 Å². The Kier molecular flexibility index (Phi) is 1.58. The molecule has 10 heavy (non-hydrogen) atoms. The summed E-state index contributed by atoms with van der Waals surface area (Å²) in [6.07, 6.45) is 2.32. The molecule has 0 aliphatic heterocycles. The molecule has 1 aromatic rings. The van der Waals surface area contributed by atoms with Gasteiger partial charge in [0.15, 0.2) is 5.82 Å². The molecule has 0 unspecified atom stereocenters. The van der Waals surface area contributed by atoms with Gasteiger partial charge in [-0.25, -0.2) is 8.42 Å². The Balaban J connectivity index is 2.75. The summed E-state index contributed by atoms with van der Waals surface area (Å²) < 4.78 is 23.1. The number of sulfonamides is 1. The standard InChI is InChI=1S/C3H6N4O2S/c1-10(8,9)6-3-2-4-7-5-3/h2H,1H3,(H2,4,5,6,7). The lowest BCUT2D eigenvalue weighted by atomic mass is 10.8. The molecule has 0 radical (unpaired) electrons. The van der Waals surface area contributed by atoms with Crippen molar-refractivity contribution in [3.8, 4) is 0 Å². The van der Waals surface area contributed by atoms with Crippen LogP contribution in [-0.4, -0.2) is 30.1 Å². The summed E-state index contributed by atoms with van der Waals surface area (Å²) in [7, 11) is -3.22. The fourth-order valence-electron chi connectivity index (χ4n) is 0.441. The topological polar surface area (TPSA) is 87.7 Å². The molecule has 1 rings (SSSR count). The third-order valence-corrected chi connectivity index (χ3v) is 1.28. The molecule has 1 heterocycles. The number of H-pyrrole nitrogens is 1. The van der Waals surface area contributed by atoms with Crippen LogP contribution in [0, 0.1) is 0 Å². The van der Waals surface area contributed by atoms with Gasteiger partial charge in [-0.2, -0.15) is 10.3 Å². The van der Waals surface area contributed by atoms with Crippen LogP contribution < -0.4 is 4.72 Å². The predicted molar refractivity (Wildman–Crippen MR) is 34.8 cm³/mol. The first kappa shape index (κ1) is 7.00. The number of hydrogen-bond acceptors (Lipinski definition) is 4. The van der Waals surface area contributed by atoms with E-state index in [0.717, 1.165) is 6.26 Å². The van der Waals surface area contributed by atoms with Gasteiger partial charge >= 0.3 is 0 Å². The first-order chi connectivity index (χ1) is 4.58. The number of rotatable bonds is 2. The van der Waals surface area contributed by atoms with Crippen LogP contribution in [-0.2, 0) is 10.0 Å². The molecule has 1 aromatic heterocycles. The molecule has 0 aliphatic rings. The van der Waals surface area contributed by atoms with Crippen LogP contribution in [0.3, 0.4) is 0 Å². The summed E-state index contributed by atoms with van der Waals surface area (Å²) in [5, 5.41) is 9.14. The molecule has 0 aromatic carbocycles. The molecule has 0 aliphatic carbocycles. The van der Waals surface area contributed by atoms with Crippen molar-refractivity contribution in [3.05, 3.63) is 6.20 Å². The maximum Gasteiger partial charge on any atom is 0.231 e. The van der Waals surface area contributed by atoms with Crippen molar-refractivity contribution in [1.29, 1.82) is 0 Å². The first-order valence-corrected chi connectivity index (χ1v) is 4.30. The zero-order chi connectivity index (χ0) is 7.61. The van der Waals surface area contributed by atoms with Gasteiger partial charge in [-0.3, -0.25) is 4.72 Å². The molecule has 0 saturated heterocycles. The third-order valence-electron chi connectivity index (χ3n) is 0.705. The number of aromatic amines is 1. The van der Waals surface area contributed by atoms with Crippen molar-refractivity contribution in [2.45, 2.75) is 0 Å². The SMILES string of the molecule is CS(=O)(=O)Nc1cn[nH]n1. The Morgan fingerprint density at radius 1 is 1.70 bits per heavy atom. The molecule has 6 nitrogen and oxygen atoms in total. The van der Waals surface area contributed by atoms with Crippen molar-refractivity contribution < 1.29 is 8.42 Å². The van der Waals surface area contributed by atoms with E-state index in [2.05, 4.69) is 20.1 Å². The fraction of sp³-hybridized carbons (Fsp3) is 0.333. The minimum Gasteiger partial charge on any atom is -0.265 e. The zero-order valence-corrected chi connectivity index (χ0v) is 6.01. The monoisotopic (exact) mass is 162 g/mol. The quantitative estimate of drug-likeness (QED) is 0.594. The summed E-state index contributed by atoms with van der Waals surface area (Å²) >= 11 is 0. The van der Waals surface area contributed by atoms with E-state index < -0.39 is 10.0 Å². The molecular formula is C3H6N4O2S. The smallest absolute Gasteiger partial charge is 0.231 e. The van der Waals surface area contributed by atoms with Crippen molar-refractivity contribution in [2.24, 2.45) is 0 Å². The zero-order valence-electron chi connectivity index (χ0n) is 5.20. The Labute approximate surface area is 57.7 Å². The summed E-state index contributed by atoms with van der Waals surface area (Å²) in [6.45, 7) is 0. The molecule has 0 amide bonds. The second-order valence-corrected chi connectivity index (χ2v) is 3.48. The van der Waals surface area contributed by atoms with E-state index in [1.165, 1.54) is 6.20 Å². The molecule has 0 spiro atoms. The van der Waals surface area contributed by atoms with Gasteiger partial charge in [0.25, 0.3) is 0 Å². The average molecular weight is 162 g/mol. The number of nitrogens with zero attached hydrogens (tertiary/aromatic N) is 2. The lowest BCUT2D eigenvalue weighted by Gasteiger charge is -1.94. The molecule has 2 N–H and O–H groups in total. The summed E-state index contributed by atoms with van der Waals surface area (Å²) in [6, 6.07) is 0. The maximum absolute atomic E-state index is 10.5. The van der Waals surface area contributed by atoms with E-state index in [0.29, 0.717) is 0 Å². The van der Waals surface area contributed by atoms with Crippen molar-refractivity contribution in [1.82, 2.24) is 15.4 Å². The maximum atomic E-state index is 10.5. The predicted octanol–water partition coefficient (Wildman–Crippen LogP) is -0.824. The van der Waals surface area contributed by atoms with Crippen molar-refractivity contribution in [2.75, 3.05) is 11.0 Å². The van der Waals surface area contributed by atoms with Crippen LogP contribution in [0.25, 0.3) is 0 Å². The van der Waals surface area contributed by atoms with Gasteiger partial charge in [0.2, 0.25) is 10.0 Å². The molecule has 0 fully saturated rings. The van der Waals surface area contributed by atoms with E-state index in [1.54, 1.807) is 0 Å². The average Bonchev–Trinajstić information content (AvgIpc) is 2.12. The van der Waals surface area contributed by atoms with E-state index in [4.69, 9.17) is 0 Å². The molecule has 56 valence electrons. The van der Waals surface area contributed by atoms with Gasteiger partial charge in [0, 0.05) is 0 Å². The fourth-order valence-corrected chi connectivity index (χ4v) is 0.919. The van der Waals surface area contributed by atoms with Gasteiger partial charge in [0.1, 0.15) is 0 Å². The van der Waals surface area contributed by atoms with E-state index in [1.807, 2.05) is 0 Å². The summed E-state index contributed by atoms with van der Waals surface area (Å²) in [5.74, 6) is 0.197. The minimum atomic E-state index is -3.22. The Hall–Kier alpha value is -1.11. The number of anilines is 1. The first-order valence-electron chi connectivity index (χ1n) is 2.41. The highest BCUT2D eigenvalue weighted by molar-refractivity contribution is 7.92.